The number of hydrogen-bond acceptors (Lipinski definition) is 1. The summed E-state index contributed by atoms with van der Waals surface area (Å²) in [5.74, 6) is 0. The van der Waals surface area contributed by atoms with Crippen molar-refractivity contribution in [3.05, 3.63) is 77.9 Å². The second kappa shape index (κ2) is 4.53. The van der Waals surface area contributed by atoms with Gasteiger partial charge in [0.1, 0.15) is 0 Å². The van der Waals surface area contributed by atoms with Crippen LogP contribution < -0.4 is 0 Å². The Labute approximate surface area is 124 Å². The van der Waals surface area contributed by atoms with E-state index in [0.29, 0.717) is 0 Å². The molecule has 0 aromatic heterocycles. The van der Waals surface area contributed by atoms with Crippen molar-refractivity contribution in [2.45, 2.75) is 11.3 Å². The van der Waals surface area contributed by atoms with E-state index in [0.717, 1.165) is 11.3 Å². The van der Waals surface area contributed by atoms with Gasteiger partial charge in [0.25, 0.3) is 0 Å². The molecule has 0 aliphatic heterocycles. The Balaban J connectivity index is 1.94. The zero-order valence-corrected chi connectivity index (χ0v) is 11.9. The Morgan fingerprint density at radius 1 is 0.700 bits per heavy atom. The van der Waals surface area contributed by atoms with E-state index in [1.165, 1.54) is 33.4 Å². The van der Waals surface area contributed by atoms with Crippen LogP contribution in [-0.4, -0.2) is 0 Å². The fourth-order valence-corrected chi connectivity index (χ4v) is 3.33. The summed E-state index contributed by atoms with van der Waals surface area (Å²) in [6, 6.07) is 23.7. The highest BCUT2D eigenvalue weighted by Crippen LogP contribution is 2.41. The van der Waals surface area contributed by atoms with Gasteiger partial charge in [-0.25, -0.2) is 0 Å². The molecule has 3 aromatic carbocycles. The number of rotatable bonds is 1. The van der Waals surface area contributed by atoms with E-state index < -0.39 is 0 Å². The molecule has 20 heavy (non-hydrogen) atoms. The van der Waals surface area contributed by atoms with Gasteiger partial charge in [-0.05, 0) is 51.9 Å². The van der Waals surface area contributed by atoms with Gasteiger partial charge >= 0.3 is 0 Å². The molecule has 0 bridgehead atoms. The topological polar surface area (TPSA) is 0 Å². The van der Waals surface area contributed by atoms with Gasteiger partial charge in [0.15, 0.2) is 0 Å². The standard InChI is InChI=1S/C19H14S/c20-15-7-3-6-13(11-15)17-9-4-10-18-16-8-2-1-5-14(16)12-19(17)18/h1-11,20H,12H2. The molecule has 96 valence electrons. The van der Waals surface area contributed by atoms with Crippen LogP contribution in [0.5, 0.6) is 0 Å². The monoisotopic (exact) mass is 274 g/mol. The van der Waals surface area contributed by atoms with Crippen LogP contribution in [0.4, 0.5) is 0 Å². The minimum Gasteiger partial charge on any atom is -0.143 e. The molecule has 0 saturated carbocycles. The molecule has 1 heteroatoms. The van der Waals surface area contributed by atoms with Crippen molar-refractivity contribution in [2.75, 3.05) is 0 Å². The molecular formula is C19H14S. The van der Waals surface area contributed by atoms with E-state index in [1.54, 1.807) is 0 Å². The third kappa shape index (κ3) is 1.78. The smallest absolute Gasteiger partial charge is 0.00461 e. The highest BCUT2D eigenvalue weighted by molar-refractivity contribution is 7.80. The first-order valence-electron chi connectivity index (χ1n) is 6.82. The Hall–Kier alpha value is -1.99. The van der Waals surface area contributed by atoms with Crippen LogP contribution in [0.1, 0.15) is 11.1 Å². The summed E-state index contributed by atoms with van der Waals surface area (Å²) in [5, 5.41) is 0. The maximum Gasteiger partial charge on any atom is 0.00461 e. The number of hydrogen-bond donors (Lipinski definition) is 1. The van der Waals surface area contributed by atoms with Crippen molar-refractivity contribution in [1.82, 2.24) is 0 Å². The van der Waals surface area contributed by atoms with E-state index in [-0.39, 0.29) is 0 Å². The molecule has 0 spiro atoms. The molecule has 0 saturated heterocycles. The summed E-state index contributed by atoms with van der Waals surface area (Å²) < 4.78 is 0. The highest BCUT2D eigenvalue weighted by Gasteiger charge is 2.20. The van der Waals surface area contributed by atoms with Crippen LogP contribution in [0.15, 0.2) is 71.6 Å². The summed E-state index contributed by atoms with van der Waals surface area (Å²) in [4.78, 5) is 1.01. The third-order valence-electron chi connectivity index (χ3n) is 4.01. The van der Waals surface area contributed by atoms with Crippen molar-refractivity contribution >= 4 is 12.6 Å². The van der Waals surface area contributed by atoms with Crippen LogP contribution in [0.3, 0.4) is 0 Å². The van der Waals surface area contributed by atoms with Crippen molar-refractivity contribution in [3.63, 3.8) is 0 Å². The second-order valence-corrected chi connectivity index (χ2v) is 5.73. The minimum atomic E-state index is 1.01. The highest BCUT2D eigenvalue weighted by atomic mass is 32.1. The Morgan fingerprint density at radius 3 is 2.35 bits per heavy atom. The van der Waals surface area contributed by atoms with E-state index in [1.807, 2.05) is 6.07 Å². The third-order valence-corrected chi connectivity index (χ3v) is 4.29. The van der Waals surface area contributed by atoms with Gasteiger partial charge < -0.3 is 0 Å². The fraction of sp³-hybridized carbons (Fsp3) is 0.0526. The van der Waals surface area contributed by atoms with Crippen LogP contribution in [0, 0.1) is 0 Å². The molecular weight excluding hydrogens is 260 g/mol. The lowest BCUT2D eigenvalue weighted by Crippen LogP contribution is -1.87. The summed E-state index contributed by atoms with van der Waals surface area (Å²) >= 11 is 4.46. The van der Waals surface area contributed by atoms with Gasteiger partial charge in [-0.15, -0.1) is 12.6 Å². The lowest BCUT2D eigenvalue weighted by molar-refractivity contribution is 1.26. The molecule has 3 aromatic rings. The summed E-state index contributed by atoms with van der Waals surface area (Å²) in [7, 11) is 0. The maximum atomic E-state index is 4.46. The Bertz CT molecular complexity index is 802. The first-order chi connectivity index (χ1) is 9.83. The molecule has 1 aliphatic carbocycles. The zero-order valence-electron chi connectivity index (χ0n) is 11.0. The van der Waals surface area contributed by atoms with E-state index in [9.17, 15) is 0 Å². The average Bonchev–Trinajstić information content (AvgIpc) is 2.86. The van der Waals surface area contributed by atoms with E-state index >= 15 is 0 Å². The van der Waals surface area contributed by atoms with Gasteiger partial charge in [-0.2, -0.15) is 0 Å². The minimum absolute atomic E-state index is 1.01. The number of fused-ring (bicyclic) bond motifs is 3. The molecule has 0 N–H and O–H groups in total. The molecule has 0 nitrogen and oxygen atoms in total. The van der Waals surface area contributed by atoms with Crippen molar-refractivity contribution in [1.29, 1.82) is 0 Å². The summed E-state index contributed by atoms with van der Waals surface area (Å²) in [5.41, 5.74) is 8.20. The molecule has 0 unspecified atom stereocenters. The van der Waals surface area contributed by atoms with Gasteiger partial charge in [-0.3, -0.25) is 0 Å². The van der Waals surface area contributed by atoms with Gasteiger partial charge in [0, 0.05) is 4.90 Å². The Morgan fingerprint density at radius 2 is 1.45 bits per heavy atom. The molecule has 0 radical (unpaired) electrons. The van der Waals surface area contributed by atoms with Crippen LogP contribution in [0.25, 0.3) is 22.3 Å². The second-order valence-electron chi connectivity index (χ2n) is 5.22. The van der Waals surface area contributed by atoms with Crippen molar-refractivity contribution in [2.24, 2.45) is 0 Å². The quantitative estimate of drug-likeness (QED) is 0.452. The number of benzene rings is 3. The summed E-state index contributed by atoms with van der Waals surface area (Å²) in [6.07, 6.45) is 1.03. The predicted molar refractivity (Wildman–Crippen MR) is 87.4 cm³/mol. The van der Waals surface area contributed by atoms with Crippen molar-refractivity contribution in [3.8, 4) is 22.3 Å². The number of thiol groups is 1. The predicted octanol–water partition coefficient (Wildman–Crippen LogP) is 5.21. The van der Waals surface area contributed by atoms with E-state index in [2.05, 4.69) is 73.3 Å². The van der Waals surface area contributed by atoms with Gasteiger partial charge in [0.2, 0.25) is 0 Å². The van der Waals surface area contributed by atoms with Crippen molar-refractivity contribution < 1.29 is 0 Å². The first-order valence-corrected chi connectivity index (χ1v) is 7.27. The molecule has 4 rings (SSSR count). The molecule has 0 amide bonds. The first kappa shape index (κ1) is 11.8. The van der Waals surface area contributed by atoms with Gasteiger partial charge in [0.05, 0.1) is 0 Å². The van der Waals surface area contributed by atoms with E-state index in [4.69, 9.17) is 0 Å². The fourth-order valence-electron chi connectivity index (χ4n) is 3.10. The lowest BCUT2D eigenvalue weighted by atomic mass is 9.96. The molecule has 0 heterocycles. The largest absolute Gasteiger partial charge is 0.143 e. The molecule has 1 aliphatic rings. The maximum absolute atomic E-state index is 4.46. The summed E-state index contributed by atoms with van der Waals surface area (Å²) in [6.45, 7) is 0. The van der Waals surface area contributed by atoms with Gasteiger partial charge in [-0.1, -0.05) is 54.6 Å². The van der Waals surface area contributed by atoms with Crippen LogP contribution in [0.2, 0.25) is 0 Å². The SMILES string of the molecule is Sc1cccc(-c2cccc3c2Cc2ccccc2-3)c1. The Kier molecular flexibility index (Phi) is 2.68. The average molecular weight is 274 g/mol. The molecule has 0 fully saturated rings. The lowest BCUT2D eigenvalue weighted by Gasteiger charge is -2.09. The molecule has 0 atom stereocenters. The zero-order chi connectivity index (χ0) is 13.5. The normalized spacial score (nSPS) is 12.1. The van der Waals surface area contributed by atoms with Crippen LogP contribution >= 0.6 is 12.6 Å². The van der Waals surface area contributed by atoms with Crippen LogP contribution in [-0.2, 0) is 6.42 Å².